The van der Waals surface area contributed by atoms with Gasteiger partial charge in [0.2, 0.25) is 5.88 Å². The molecule has 1 aliphatic carbocycles. The Bertz CT molecular complexity index is 843. The normalized spacial score (nSPS) is 21.6. The number of piperidine rings is 1. The zero-order valence-electron chi connectivity index (χ0n) is 19.1. The van der Waals surface area contributed by atoms with Gasteiger partial charge in [-0.15, -0.1) is 35.3 Å². The fourth-order valence-electron chi connectivity index (χ4n) is 4.24. The van der Waals surface area contributed by atoms with E-state index in [0.29, 0.717) is 24.4 Å². The van der Waals surface area contributed by atoms with Crippen molar-refractivity contribution in [2.75, 3.05) is 33.3 Å². The molecule has 0 aromatic carbocycles. The highest BCUT2D eigenvalue weighted by Crippen LogP contribution is 2.36. The Balaban J connectivity index is 0.00000289. The van der Waals surface area contributed by atoms with Crippen LogP contribution in [0.3, 0.4) is 0 Å². The third kappa shape index (κ3) is 7.31. The molecule has 0 radical (unpaired) electrons. The third-order valence-electron chi connectivity index (χ3n) is 6.10. The van der Waals surface area contributed by atoms with Crippen LogP contribution in [0.4, 0.5) is 0 Å². The number of ether oxygens (including phenoxy) is 1. The van der Waals surface area contributed by atoms with Crippen LogP contribution < -0.4 is 15.4 Å². The zero-order chi connectivity index (χ0) is 21.5. The molecule has 2 atom stereocenters. The number of aliphatic imine (C=N–C) groups is 1. The van der Waals surface area contributed by atoms with E-state index in [4.69, 9.17) is 9.73 Å². The van der Waals surface area contributed by atoms with E-state index in [2.05, 4.69) is 52.0 Å². The Kier molecular flexibility index (Phi) is 10.1. The highest BCUT2D eigenvalue weighted by Gasteiger charge is 2.31. The third-order valence-corrected chi connectivity index (χ3v) is 7.04. The molecular formula is C24H36IN5OS. The Morgan fingerprint density at radius 1 is 1.28 bits per heavy atom. The SMILES string of the molecule is CCNC(=NCc1ccnc(OCC2CC2)c1)NCC1CCCN(C)C1c1cccs1.I. The maximum absolute atomic E-state index is 5.81. The topological polar surface area (TPSA) is 61.8 Å². The van der Waals surface area contributed by atoms with Crippen LogP contribution in [0.25, 0.3) is 0 Å². The highest BCUT2D eigenvalue weighted by molar-refractivity contribution is 14.0. The first-order valence-corrected chi connectivity index (χ1v) is 12.4. The number of nitrogens with one attached hydrogen (secondary N) is 2. The number of halogens is 1. The van der Waals surface area contributed by atoms with Gasteiger partial charge in [-0.1, -0.05) is 6.07 Å². The van der Waals surface area contributed by atoms with Gasteiger partial charge in [0.15, 0.2) is 5.96 Å². The molecule has 176 valence electrons. The summed E-state index contributed by atoms with van der Waals surface area (Å²) in [6.07, 6.45) is 6.87. The van der Waals surface area contributed by atoms with Gasteiger partial charge < -0.3 is 15.4 Å². The van der Waals surface area contributed by atoms with E-state index >= 15 is 0 Å². The molecule has 6 nitrogen and oxygen atoms in total. The van der Waals surface area contributed by atoms with Crippen molar-refractivity contribution in [2.45, 2.75) is 45.2 Å². The van der Waals surface area contributed by atoms with Crippen LogP contribution in [0.15, 0.2) is 40.8 Å². The summed E-state index contributed by atoms with van der Waals surface area (Å²) in [7, 11) is 2.25. The highest BCUT2D eigenvalue weighted by atomic mass is 127. The molecule has 2 aromatic heterocycles. The van der Waals surface area contributed by atoms with E-state index in [1.165, 1.54) is 37.1 Å². The Labute approximate surface area is 213 Å². The molecular weight excluding hydrogens is 533 g/mol. The lowest BCUT2D eigenvalue weighted by atomic mass is 9.88. The minimum absolute atomic E-state index is 0. The standard InChI is InChI=1S/C24H35N5OS.HI/c1-3-25-24(27-15-19-10-11-26-22(14-19)30-17-18-8-9-18)28-16-20-6-4-12-29(2)23(20)21-7-5-13-31-21;/h5,7,10-11,13-14,18,20,23H,3-4,6,8-9,12,15-17H2,1-2H3,(H2,25,27,28);1H. The van der Waals surface area contributed by atoms with Crippen molar-refractivity contribution in [3.05, 3.63) is 46.3 Å². The molecule has 0 bridgehead atoms. The summed E-state index contributed by atoms with van der Waals surface area (Å²) in [5.41, 5.74) is 1.12. The summed E-state index contributed by atoms with van der Waals surface area (Å²) in [5.74, 6) is 2.88. The van der Waals surface area contributed by atoms with E-state index in [9.17, 15) is 0 Å². The van der Waals surface area contributed by atoms with Crippen molar-refractivity contribution < 1.29 is 4.74 Å². The van der Waals surface area contributed by atoms with Gasteiger partial charge in [-0.2, -0.15) is 0 Å². The lowest BCUT2D eigenvalue weighted by Crippen LogP contribution is -2.44. The molecule has 3 heterocycles. The van der Waals surface area contributed by atoms with Gasteiger partial charge >= 0.3 is 0 Å². The van der Waals surface area contributed by atoms with Crippen molar-refractivity contribution in [3.63, 3.8) is 0 Å². The smallest absolute Gasteiger partial charge is 0.213 e. The molecule has 32 heavy (non-hydrogen) atoms. The second-order valence-electron chi connectivity index (χ2n) is 8.68. The van der Waals surface area contributed by atoms with Gasteiger partial charge in [0, 0.05) is 36.3 Å². The predicted octanol–water partition coefficient (Wildman–Crippen LogP) is 4.69. The van der Waals surface area contributed by atoms with Gasteiger partial charge in [0.05, 0.1) is 13.2 Å². The minimum atomic E-state index is 0. The number of guanidine groups is 1. The van der Waals surface area contributed by atoms with Gasteiger partial charge in [0.25, 0.3) is 0 Å². The molecule has 2 aliphatic rings. The van der Waals surface area contributed by atoms with Crippen molar-refractivity contribution in [3.8, 4) is 5.88 Å². The van der Waals surface area contributed by atoms with Gasteiger partial charge in [-0.25, -0.2) is 9.98 Å². The second kappa shape index (κ2) is 12.7. The number of rotatable bonds is 9. The van der Waals surface area contributed by atoms with Gasteiger partial charge in [-0.05, 0) is 81.1 Å². The first-order chi connectivity index (χ1) is 15.2. The maximum atomic E-state index is 5.81. The number of thiophene rings is 1. The fourth-order valence-corrected chi connectivity index (χ4v) is 5.22. The summed E-state index contributed by atoms with van der Waals surface area (Å²) < 4.78 is 5.81. The number of likely N-dealkylation sites (tertiary alicyclic amines) is 1. The minimum Gasteiger partial charge on any atom is -0.477 e. The average molecular weight is 570 g/mol. The number of hydrogen-bond acceptors (Lipinski definition) is 5. The molecule has 0 amide bonds. The van der Waals surface area contributed by atoms with E-state index in [0.717, 1.165) is 37.1 Å². The fraction of sp³-hybridized carbons (Fsp3) is 0.583. The predicted molar refractivity (Wildman–Crippen MR) is 143 cm³/mol. The Hall–Kier alpha value is -1.39. The number of pyridine rings is 1. The first kappa shape index (κ1) is 25.2. The lowest BCUT2D eigenvalue weighted by Gasteiger charge is -2.39. The monoisotopic (exact) mass is 569 g/mol. The van der Waals surface area contributed by atoms with Crippen LogP contribution in [-0.4, -0.2) is 49.1 Å². The largest absolute Gasteiger partial charge is 0.477 e. The maximum Gasteiger partial charge on any atom is 0.213 e. The number of hydrogen-bond donors (Lipinski definition) is 2. The molecule has 2 unspecified atom stereocenters. The van der Waals surface area contributed by atoms with Crippen molar-refractivity contribution in [1.82, 2.24) is 20.5 Å². The number of aromatic nitrogens is 1. The summed E-state index contributed by atoms with van der Waals surface area (Å²) >= 11 is 1.87. The second-order valence-corrected chi connectivity index (χ2v) is 9.66. The molecule has 2 N–H and O–H groups in total. The lowest BCUT2D eigenvalue weighted by molar-refractivity contribution is 0.125. The van der Waals surface area contributed by atoms with Crippen LogP contribution in [0.5, 0.6) is 5.88 Å². The number of nitrogens with zero attached hydrogens (tertiary/aromatic N) is 3. The molecule has 8 heteroatoms. The van der Waals surface area contributed by atoms with Gasteiger partial charge in [0.1, 0.15) is 0 Å². The first-order valence-electron chi connectivity index (χ1n) is 11.6. The Morgan fingerprint density at radius 3 is 2.91 bits per heavy atom. The van der Waals surface area contributed by atoms with E-state index < -0.39 is 0 Å². The van der Waals surface area contributed by atoms with E-state index in [1.807, 2.05) is 29.7 Å². The van der Waals surface area contributed by atoms with Crippen LogP contribution >= 0.6 is 35.3 Å². The Morgan fingerprint density at radius 2 is 2.16 bits per heavy atom. The van der Waals surface area contributed by atoms with Gasteiger partial charge in [-0.3, -0.25) is 4.90 Å². The summed E-state index contributed by atoms with van der Waals surface area (Å²) in [4.78, 5) is 13.1. The summed E-state index contributed by atoms with van der Waals surface area (Å²) in [5, 5.41) is 9.19. The molecule has 4 rings (SSSR count). The molecule has 1 aliphatic heterocycles. The van der Waals surface area contributed by atoms with Crippen LogP contribution in [0.1, 0.15) is 49.1 Å². The molecule has 2 aromatic rings. The quantitative estimate of drug-likeness (QED) is 0.261. The summed E-state index contributed by atoms with van der Waals surface area (Å²) in [6.45, 7) is 6.43. The zero-order valence-corrected chi connectivity index (χ0v) is 22.3. The van der Waals surface area contributed by atoms with E-state index in [-0.39, 0.29) is 24.0 Å². The van der Waals surface area contributed by atoms with Crippen molar-refractivity contribution in [1.29, 1.82) is 0 Å². The molecule has 1 saturated carbocycles. The van der Waals surface area contributed by atoms with Crippen LogP contribution in [-0.2, 0) is 6.54 Å². The van der Waals surface area contributed by atoms with Crippen LogP contribution in [0.2, 0.25) is 0 Å². The average Bonchev–Trinajstić information content (AvgIpc) is 3.46. The van der Waals surface area contributed by atoms with E-state index in [1.54, 1.807) is 0 Å². The van der Waals surface area contributed by atoms with Crippen molar-refractivity contribution in [2.24, 2.45) is 16.8 Å². The molecule has 0 spiro atoms. The van der Waals surface area contributed by atoms with Crippen molar-refractivity contribution >= 4 is 41.3 Å². The molecule has 2 fully saturated rings. The summed E-state index contributed by atoms with van der Waals surface area (Å²) in [6, 6.07) is 8.94. The van der Waals surface area contributed by atoms with Crippen LogP contribution in [0, 0.1) is 11.8 Å². The molecule has 1 saturated heterocycles.